The molecule has 5 heteroatoms. The van der Waals surface area contributed by atoms with Gasteiger partial charge < -0.3 is 5.11 Å². The van der Waals surface area contributed by atoms with Crippen molar-refractivity contribution in [2.75, 3.05) is 0 Å². The molecule has 0 saturated heterocycles. The Kier molecular flexibility index (Phi) is 3.74. The lowest BCUT2D eigenvalue weighted by molar-refractivity contribution is -0.131. The predicted molar refractivity (Wildman–Crippen MR) is 56.2 cm³/mol. The number of carbonyl (C=O) groups is 2. The summed E-state index contributed by atoms with van der Waals surface area (Å²) in [4.78, 5) is 21.7. The highest BCUT2D eigenvalue weighted by Gasteiger charge is 2.09. The van der Waals surface area contributed by atoms with Crippen LogP contribution < -0.4 is 0 Å². The summed E-state index contributed by atoms with van der Waals surface area (Å²) < 4.78 is 13.0. The van der Waals surface area contributed by atoms with E-state index in [0.717, 1.165) is 24.3 Å². The second-order valence-corrected chi connectivity index (χ2v) is 3.54. The van der Waals surface area contributed by atoms with Crippen LogP contribution in [0.15, 0.2) is 34.8 Å². The first-order valence-electron chi connectivity index (χ1n) is 3.93. The van der Waals surface area contributed by atoms with E-state index in [1.54, 1.807) is 0 Å². The van der Waals surface area contributed by atoms with Crippen molar-refractivity contribution in [3.8, 4) is 0 Å². The predicted octanol–water partition coefficient (Wildman–Crippen LogP) is 1.58. The quantitative estimate of drug-likeness (QED) is 0.477. The molecule has 78 valence electrons. The highest BCUT2D eigenvalue weighted by atomic mass is 79.9. The largest absolute Gasteiger partial charge is 0.561 e. The van der Waals surface area contributed by atoms with Crippen LogP contribution in [0.25, 0.3) is 0 Å². The smallest absolute Gasteiger partial charge is 0.541 e. The Balaban J connectivity index is 2.97. The molecule has 2 N–H and O–H groups in total. The van der Waals surface area contributed by atoms with Crippen LogP contribution in [0.4, 0.5) is 4.39 Å². The third-order valence-corrected chi connectivity index (χ3v) is 2.24. The fraction of sp³-hybridized carbons (Fsp3) is 0. The van der Waals surface area contributed by atoms with E-state index in [1.165, 1.54) is 6.07 Å². The lowest BCUT2D eigenvalue weighted by atomic mass is 10.1. The van der Waals surface area contributed by atoms with Gasteiger partial charge in [0.15, 0.2) is 5.78 Å². The minimum Gasteiger partial charge on any atom is -0.561 e. The molecule has 0 bridgehead atoms. The molecule has 0 aliphatic rings. The van der Waals surface area contributed by atoms with Crippen molar-refractivity contribution in [2.24, 2.45) is 0 Å². The summed E-state index contributed by atoms with van der Waals surface area (Å²) >= 11 is 3.03. The second-order valence-electron chi connectivity index (χ2n) is 2.69. The molecule has 0 fully saturated rings. The van der Waals surface area contributed by atoms with Gasteiger partial charge in [0.1, 0.15) is 5.82 Å². The first-order chi connectivity index (χ1) is 7.00. The summed E-state index contributed by atoms with van der Waals surface area (Å²) in [5.74, 6) is -1.87. The Morgan fingerprint density at radius 1 is 1.33 bits per heavy atom. The van der Waals surface area contributed by atoms with Gasteiger partial charge in [0, 0.05) is 14.8 Å². The highest BCUT2D eigenvalue weighted by Crippen LogP contribution is 2.18. The zero-order chi connectivity index (χ0) is 11.4. The molecule has 0 spiro atoms. The zero-order valence-corrected chi connectivity index (χ0v) is 9.05. The Morgan fingerprint density at radius 2 is 2.00 bits per heavy atom. The van der Waals surface area contributed by atoms with Gasteiger partial charge in [-0.1, -0.05) is 0 Å². The lowest BCUT2D eigenvalue weighted by Crippen LogP contribution is -1.98. The number of benzene rings is 1. The molecule has 0 aliphatic carbocycles. The number of rotatable bonds is 3. The molecule has 0 aliphatic heterocycles. The van der Waals surface area contributed by atoms with Gasteiger partial charge in [-0.05, 0) is 40.2 Å². The lowest BCUT2D eigenvalue weighted by Gasteiger charge is -1.98. The van der Waals surface area contributed by atoms with E-state index in [4.69, 9.17) is 5.11 Å². The molecule has 0 saturated carbocycles. The number of carbonyl (C=O) groups excluding carboxylic acids is 2. The normalized spacial score (nSPS) is 10.5. The van der Waals surface area contributed by atoms with Gasteiger partial charge in [-0.15, -0.1) is 0 Å². The molecule has 1 rings (SSSR count). The Hall–Kier alpha value is -1.49. The Bertz CT molecular complexity index is 440. The van der Waals surface area contributed by atoms with Crippen molar-refractivity contribution in [1.82, 2.24) is 0 Å². The van der Waals surface area contributed by atoms with Gasteiger partial charge in [0.25, 0.3) is 0 Å². The van der Waals surface area contributed by atoms with Crippen molar-refractivity contribution >= 4 is 27.7 Å². The van der Waals surface area contributed by atoms with Crippen molar-refractivity contribution in [1.29, 1.82) is 0 Å². The van der Waals surface area contributed by atoms with Crippen LogP contribution in [0, 0.1) is 5.82 Å². The Labute approximate surface area is 93.4 Å². The molecule has 0 amide bonds. The molecule has 0 heterocycles. The standard InChI is InChI=1S/C10H6BrFO3/c11-8-5-6(12)1-2-7(8)9(13)3-4-10(14)15/h1-5H,(H,14,15)/p+1/b4-3+. The molecule has 0 aromatic heterocycles. The van der Waals surface area contributed by atoms with Gasteiger partial charge in [-0.25, -0.2) is 4.39 Å². The second kappa shape index (κ2) is 4.84. The van der Waals surface area contributed by atoms with Gasteiger partial charge in [0.05, 0.1) is 6.08 Å². The fourth-order valence-electron chi connectivity index (χ4n) is 0.930. The molecular weight excluding hydrogens is 267 g/mol. The van der Waals surface area contributed by atoms with Gasteiger partial charge in [-0.3, -0.25) is 4.79 Å². The number of halogens is 2. The highest BCUT2D eigenvalue weighted by molar-refractivity contribution is 9.10. The molecule has 3 nitrogen and oxygen atoms in total. The van der Waals surface area contributed by atoms with Crippen LogP contribution in [-0.2, 0) is 4.79 Å². The van der Waals surface area contributed by atoms with E-state index in [1.807, 2.05) is 0 Å². The number of allylic oxidation sites excluding steroid dienone is 1. The average molecular weight is 274 g/mol. The number of hydrogen-bond acceptors (Lipinski definition) is 2. The molecule has 0 unspecified atom stereocenters. The van der Waals surface area contributed by atoms with Gasteiger partial charge in [-0.2, -0.15) is 0 Å². The summed E-state index contributed by atoms with van der Waals surface area (Å²) in [5.41, 5.74) is 0.244. The van der Waals surface area contributed by atoms with Crippen LogP contribution in [0.1, 0.15) is 10.4 Å². The third-order valence-electron chi connectivity index (χ3n) is 1.58. The minimum atomic E-state index is -0.957. The molecular formula is C10H7BrFO3+. The van der Waals surface area contributed by atoms with Crippen molar-refractivity contribution in [3.05, 3.63) is 46.2 Å². The van der Waals surface area contributed by atoms with E-state index < -0.39 is 17.6 Å². The monoisotopic (exact) mass is 273 g/mol. The van der Waals surface area contributed by atoms with E-state index in [2.05, 4.69) is 15.9 Å². The maximum absolute atomic E-state index is 12.7. The molecule has 0 atom stereocenters. The van der Waals surface area contributed by atoms with Crippen LogP contribution in [0.2, 0.25) is 0 Å². The van der Waals surface area contributed by atoms with Crippen LogP contribution in [0.5, 0.6) is 0 Å². The summed E-state index contributed by atoms with van der Waals surface area (Å²) in [5, 5.41) is 6.57. The number of ketones is 1. The van der Waals surface area contributed by atoms with Crippen molar-refractivity contribution in [2.45, 2.75) is 0 Å². The number of hydrogen-bond donors (Lipinski definition) is 0. The molecule has 1 aromatic carbocycles. The van der Waals surface area contributed by atoms with E-state index >= 15 is 0 Å². The summed E-state index contributed by atoms with van der Waals surface area (Å²) in [6.07, 6.45) is 1.82. The molecule has 0 radical (unpaired) electrons. The van der Waals surface area contributed by atoms with Gasteiger partial charge >= 0.3 is 5.97 Å². The molecule has 15 heavy (non-hydrogen) atoms. The first kappa shape index (κ1) is 11.6. The van der Waals surface area contributed by atoms with Crippen molar-refractivity contribution < 1.29 is 19.1 Å². The topological polar surface area (TPSA) is 57.0 Å². The SMILES string of the molecule is O=C([OH2+])/C=C/C(=O)c1ccc(F)cc1Br. The van der Waals surface area contributed by atoms with Gasteiger partial charge in [0.2, 0.25) is 0 Å². The van der Waals surface area contributed by atoms with Crippen LogP contribution in [0.3, 0.4) is 0 Å². The Morgan fingerprint density at radius 3 is 2.53 bits per heavy atom. The van der Waals surface area contributed by atoms with Crippen LogP contribution in [-0.4, -0.2) is 16.9 Å². The van der Waals surface area contributed by atoms with Crippen molar-refractivity contribution in [3.63, 3.8) is 0 Å². The van der Waals surface area contributed by atoms with E-state index in [9.17, 15) is 14.0 Å². The van der Waals surface area contributed by atoms with E-state index in [-0.39, 0.29) is 5.56 Å². The average Bonchev–Trinajstić information content (AvgIpc) is 2.14. The maximum Gasteiger partial charge on any atom is 0.541 e. The summed E-state index contributed by atoms with van der Waals surface area (Å²) in [7, 11) is 0. The van der Waals surface area contributed by atoms with E-state index in [0.29, 0.717) is 4.47 Å². The maximum atomic E-state index is 12.7. The third kappa shape index (κ3) is 3.28. The molecule has 1 aromatic rings. The minimum absolute atomic E-state index is 0.244. The fourth-order valence-corrected chi connectivity index (χ4v) is 1.48. The first-order valence-corrected chi connectivity index (χ1v) is 4.73. The zero-order valence-electron chi connectivity index (χ0n) is 7.46. The summed E-state index contributed by atoms with van der Waals surface area (Å²) in [6.45, 7) is 0. The summed E-state index contributed by atoms with van der Waals surface area (Å²) in [6, 6.07) is 3.61. The van der Waals surface area contributed by atoms with Crippen LogP contribution >= 0.6 is 15.9 Å².